The molecule has 0 aliphatic carbocycles. The van der Waals surface area contributed by atoms with Gasteiger partial charge in [-0.1, -0.05) is 0 Å². The van der Waals surface area contributed by atoms with Crippen LogP contribution in [0.1, 0.15) is 17.5 Å². The van der Waals surface area contributed by atoms with Gasteiger partial charge in [0.2, 0.25) is 0 Å². The Balaban J connectivity index is 1.94. The first-order valence-corrected chi connectivity index (χ1v) is 7.29. The molecule has 1 N–H and O–H groups in total. The summed E-state index contributed by atoms with van der Waals surface area (Å²) < 4.78 is 10.5. The molecule has 1 aliphatic rings. The minimum absolute atomic E-state index is 0.734. The third-order valence-electron chi connectivity index (χ3n) is 3.44. The van der Waals surface area contributed by atoms with Crippen molar-refractivity contribution >= 4 is 5.82 Å². The maximum Gasteiger partial charge on any atom is 0.131 e. The van der Waals surface area contributed by atoms with Gasteiger partial charge < -0.3 is 19.7 Å². The van der Waals surface area contributed by atoms with E-state index in [-0.39, 0.29) is 0 Å². The van der Waals surface area contributed by atoms with E-state index in [1.165, 1.54) is 11.1 Å². The van der Waals surface area contributed by atoms with Crippen LogP contribution in [0, 0.1) is 6.92 Å². The molecule has 5 nitrogen and oxygen atoms in total. The summed E-state index contributed by atoms with van der Waals surface area (Å²) in [6.07, 6.45) is 3.04. The number of methoxy groups -OCH3 is 1. The fraction of sp³-hybridized carbons (Fsp3) is 0.667. The molecule has 0 unspecified atom stereocenters. The van der Waals surface area contributed by atoms with Gasteiger partial charge in [-0.3, -0.25) is 0 Å². The Hall–Kier alpha value is -1.17. The highest BCUT2D eigenvalue weighted by atomic mass is 16.5. The molecule has 2 rings (SSSR count). The second-order valence-electron chi connectivity index (χ2n) is 5.11. The first-order chi connectivity index (χ1) is 9.81. The van der Waals surface area contributed by atoms with E-state index in [9.17, 15) is 0 Å². The number of pyridine rings is 1. The lowest BCUT2D eigenvalue weighted by Gasteiger charge is -2.23. The van der Waals surface area contributed by atoms with Gasteiger partial charge in [0.15, 0.2) is 0 Å². The molecule has 1 aromatic heterocycles. The summed E-state index contributed by atoms with van der Waals surface area (Å²) in [4.78, 5) is 6.97. The fourth-order valence-electron chi connectivity index (χ4n) is 2.42. The van der Waals surface area contributed by atoms with Gasteiger partial charge >= 0.3 is 0 Å². The van der Waals surface area contributed by atoms with Gasteiger partial charge in [-0.15, -0.1) is 0 Å². The first kappa shape index (κ1) is 15.2. The normalized spacial score (nSPS) is 16.2. The number of hydrogen-bond donors (Lipinski definition) is 1. The highest BCUT2D eigenvalue weighted by molar-refractivity contribution is 5.47. The Morgan fingerprint density at radius 2 is 2.30 bits per heavy atom. The van der Waals surface area contributed by atoms with Gasteiger partial charge in [0.05, 0.1) is 13.2 Å². The summed E-state index contributed by atoms with van der Waals surface area (Å²) in [5.41, 5.74) is 2.45. The number of hydrogen-bond acceptors (Lipinski definition) is 5. The molecule has 0 spiro atoms. The molecule has 112 valence electrons. The number of ether oxygens (including phenoxy) is 2. The molecule has 1 saturated heterocycles. The Morgan fingerprint density at radius 3 is 3.10 bits per heavy atom. The van der Waals surface area contributed by atoms with Gasteiger partial charge in [-0.2, -0.15) is 0 Å². The summed E-state index contributed by atoms with van der Waals surface area (Å²) in [5, 5.41) is 3.34. The van der Waals surface area contributed by atoms with Crippen molar-refractivity contribution in [3.05, 3.63) is 23.4 Å². The molecule has 1 aromatic rings. The Bertz CT molecular complexity index is 404. The molecule has 0 saturated carbocycles. The molecule has 1 fully saturated rings. The van der Waals surface area contributed by atoms with E-state index < -0.39 is 0 Å². The van der Waals surface area contributed by atoms with Crippen LogP contribution in [0.3, 0.4) is 0 Å². The van der Waals surface area contributed by atoms with Crippen LogP contribution < -0.4 is 10.2 Å². The number of rotatable bonds is 6. The van der Waals surface area contributed by atoms with Gasteiger partial charge in [0.1, 0.15) is 5.82 Å². The highest BCUT2D eigenvalue weighted by Crippen LogP contribution is 2.19. The molecular weight excluding hydrogens is 254 g/mol. The predicted octanol–water partition coefficient (Wildman–Crippen LogP) is 1.35. The van der Waals surface area contributed by atoms with Crippen molar-refractivity contribution in [3.8, 4) is 0 Å². The van der Waals surface area contributed by atoms with Gasteiger partial charge in [-0.05, 0) is 30.5 Å². The third-order valence-corrected chi connectivity index (χ3v) is 3.44. The van der Waals surface area contributed by atoms with Crippen molar-refractivity contribution in [2.75, 3.05) is 51.5 Å². The van der Waals surface area contributed by atoms with Crippen LogP contribution in [0.5, 0.6) is 0 Å². The summed E-state index contributed by atoms with van der Waals surface area (Å²) in [6.45, 7) is 8.17. The molecule has 5 heteroatoms. The highest BCUT2D eigenvalue weighted by Gasteiger charge is 2.13. The Labute approximate surface area is 121 Å². The largest absolute Gasteiger partial charge is 0.383 e. The second kappa shape index (κ2) is 8.19. The number of anilines is 1. The zero-order chi connectivity index (χ0) is 14.2. The van der Waals surface area contributed by atoms with E-state index in [0.29, 0.717) is 0 Å². The van der Waals surface area contributed by atoms with Crippen molar-refractivity contribution in [2.45, 2.75) is 19.9 Å². The molecule has 1 aliphatic heterocycles. The van der Waals surface area contributed by atoms with Crippen LogP contribution in [0.15, 0.2) is 12.3 Å². The average Bonchev–Trinajstić information content (AvgIpc) is 2.73. The standard InChI is InChI=1S/C15H25N3O2/c1-13-10-14(11-16-4-8-19-2)12-17-15(13)18-5-3-7-20-9-6-18/h10,12,16H,3-9,11H2,1-2H3. The number of nitrogens with one attached hydrogen (secondary N) is 1. The Morgan fingerprint density at radius 1 is 1.40 bits per heavy atom. The summed E-state index contributed by atoms with van der Waals surface area (Å²) in [5.74, 6) is 1.09. The zero-order valence-corrected chi connectivity index (χ0v) is 12.5. The van der Waals surface area contributed by atoms with E-state index in [1.54, 1.807) is 7.11 Å². The van der Waals surface area contributed by atoms with Gasteiger partial charge in [0, 0.05) is 46.1 Å². The number of aromatic nitrogens is 1. The summed E-state index contributed by atoms with van der Waals surface area (Å²) in [6, 6.07) is 2.22. The SMILES string of the molecule is COCCNCc1cnc(N2CCCOCC2)c(C)c1. The van der Waals surface area contributed by atoms with Gasteiger partial charge in [0.25, 0.3) is 0 Å². The molecule has 0 bridgehead atoms. The van der Waals surface area contributed by atoms with Crippen molar-refractivity contribution in [1.29, 1.82) is 0 Å². The van der Waals surface area contributed by atoms with Crippen LogP contribution in [0.4, 0.5) is 5.82 Å². The molecule has 0 atom stereocenters. The molecule has 0 aromatic carbocycles. The van der Waals surface area contributed by atoms with E-state index in [4.69, 9.17) is 9.47 Å². The maximum absolute atomic E-state index is 5.49. The molecule has 0 radical (unpaired) electrons. The summed E-state index contributed by atoms with van der Waals surface area (Å²) >= 11 is 0. The van der Waals surface area contributed by atoms with E-state index in [0.717, 1.165) is 58.2 Å². The van der Waals surface area contributed by atoms with Crippen LogP contribution in [-0.4, -0.2) is 51.5 Å². The Kier molecular flexibility index (Phi) is 6.24. The molecule has 2 heterocycles. The van der Waals surface area contributed by atoms with Crippen LogP contribution >= 0.6 is 0 Å². The monoisotopic (exact) mass is 279 g/mol. The minimum atomic E-state index is 0.734. The van der Waals surface area contributed by atoms with E-state index >= 15 is 0 Å². The van der Waals surface area contributed by atoms with Crippen LogP contribution in [0.25, 0.3) is 0 Å². The lowest BCUT2D eigenvalue weighted by Crippen LogP contribution is -2.27. The average molecular weight is 279 g/mol. The minimum Gasteiger partial charge on any atom is -0.383 e. The van der Waals surface area contributed by atoms with Crippen molar-refractivity contribution < 1.29 is 9.47 Å². The van der Waals surface area contributed by atoms with Crippen molar-refractivity contribution in [3.63, 3.8) is 0 Å². The number of aryl methyl sites for hydroxylation is 1. The lowest BCUT2D eigenvalue weighted by molar-refractivity contribution is 0.152. The topological polar surface area (TPSA) is 46.6 Å². The summed E-state index contributed by atoms with van der Waals surface area (Å²) in [7, 11) is 1.72. The smallest absolute Gasteiger partial charge is 0.131 e. The van der Waals surface area contributed by atoms with Crippen LogP contribution in [-0.2, 0) is 16.0 Å². The predicted molar refractivity (Wildman–Crippen MR) is 80.2 cm³/mol. The molecule has 20 heavy (non-hydrogen) atoms. The zero-order valence-electron chi connectivity index (χ0n) is 12.5. The quantitative estimate of drug-likeness (QED) is 0.797. The van der Waals surface area contributed by atoms with E-state index in [1.807, 2.05) is 6.20 Å². The second-order valence-corrected chi connectivity index (χ2v) is 5.11. The number of nitrogens with zero attached hydrogens (tertiary/aromatic N) is 2. The molecular formula is C15H25N3O2. The third kappa shape index (κ3) is 4.44. The first-order valence-electron chi connectivity index (χ1n) is 7.29. The van der Waals surface area contributed by atoms with Crippen molar-refractivity contribution in [1.82, 2.24) is 10.3 Å². The van der Waals surface area contributed by atoms with E-state index in [2.05, 4.69) is 28.2 Å². The van der Waals surface area contributed by atoms with Crippen LogP contribution in [0.2, 0.25) is 0 Å². The van der Waals surface area contributed by atoms with Crippen molar-refractivity contribution in [2.24, 2.45) is 0 Å². The van der Waals surface area contributed by atoms with Gasteiger partial charge in [-0.25, -0.2) is 4.98 Å². The fourth-order valence-corrected chi connectivity index (χ4v) is 2.42. The maximum atomic E-state index is 5.49. The lowest BCUT2D eigenvalue weighted by atomic mass is 10.2. The molecule has 0 amide bonds.